The summed E-state index contributed by atoms with van der Waals surface area (Å²) in [6, 6.07) is 1.98. The molecule has 1 heterocycles. The first kappa shape index (κ1) is 15.8. The smallest absolute Gasteiger partial charge is 0.145 e. The third-order valence-electron chi connectivity index (χ3n) is 3.19. The lowest BCUT2D eigenvalue weighted by atomic mass is 9.87. The molecule has 0 aliphatic carbocycles. The third kappa shape index (κ3) is 3.20. The first-order chi connectivity index (χ1) is 8.11. The van der Waals surface area contributed by atoms with Crippen LogP contribution in [0.4, 0.5) is 8.78 Å². The lowest BCUT2D eigenvalue weighted by Gasteiger charge is -2.28. The van der Waals surface area contributed by atoms with Gasteiger partial charge in [-0.3, -0.25) is 0 Å². The first-order valence-corrected chi connectivity index (χ1v) is 6.37. The molecule has 2 rings (SSSR count). The average molecular weight is 343 g/mol. The van der Waals surface area contributed by atoms with Gasteiger partial charge in [0.2, 0.25) is 0 Å². The van der Waals surface area contributed by atoms with E-state index in [2.05, 4.69) is 15.9 Å². The topological polar surface area (TPSA) is 35.2 Å². The number of halogens is 4. The maximum Gasteiger partial charge on any atom is 0.145 e. The van der Waals surface area contributed by atoms with Gasteiger partial charge in [0.1, 0.15) is 11.6 Å². The van der Waals surface area contributed by atoms with E-state index in [0.29, 0.717) is 13.2 Å². The summed E-state index contributed by atoms with van der Waals surface area (Å²) >= 11 is 3.05. The maximum atomic E-state index is 13.9. The molecule has 0 radical (unpaired) electrons. The quantitative estimate of drug-likeness (QED) is 0.834. The Labute approximate surface area is 119 Å². The zero-order chi connectivity index (χ0) is 12.4. The van der Waals surface area contributed by atoms with Gasteiger partial charge in [-0.05, 0) is 46.8 Å². The highest BCUT2D eigenvalue weighted by Crippen LogP contribution is 2.33. The van der Waals surface area contributed by atoms with Crippen LogP contribution in [0, 0.1) is 17.6 Å². The zero-order valence-corrected chi connectivity index (χ0v) is 12.1. The summed E-state index contributed by atoms with van der Waals surface area (Å²) in [6.45, 7) is 1.21. The molecule has 1 saturated heterocycles. The molecule has 2 nitrogen and oxygen atoms in total. The van der Waals surface area contributed by atoms with E-state index in [1.807, 2.05) is 0 Å². The Kier molecular flexibility index (Phi) is 5.98. The highest BCUT2D eigenvalue weighted by atomic mass is 79.9. The summed E-state index contributed by atoms with van der Waals surface area (Å²) in [6.07, 6.45) is 1.49. The fourth-order valence-corrected chi connectivity index (χ4v) is 2.50. The second kappa shape index (κ2) is 6.80. The van der Waals surface area contributed by atoms with Gasteiger partial charge < -0.3 is 10.5 Å². The summed E-state index contributed by atoms with van der Waals surface area (Å²) < 4.78 is 33.0. The molecule has 1 aromatic carbocycles. The van der Waals surface area contributed by atoms with E-state index in [1.54, 1.807) is 0 Å². The SMILES string of the molecule is Cl.N[C@H](c1c(F)ccc(Br)c1F)C1CCOCC1. The van der Waals surface area contributed by atoms with Crippen molar-refractivity contribution in [2.75, 3.05) is 13.2 Å². The number of hydrogen-bond acceptors (Lipinski definition) is 2. The van der Waals surface area contributed by atoms with E-state index < -0.39 is 17.7 Å². The molecule has 102 valence electrons. The molecular formula is C12H15BrClF2NO. The summed E-state index contributed by atoms with van der Waals surface area (Å²) in [7, 11) is 0. The van der Waals surface area contributed by atoms with Gasteiger partial charge in [0, 0.05) is 24.8 Å². The highest BCUT2D eigenvalue weighted by Gasteiger charge is 2.27. The number of hydrogen-bond donors (Lipinski definition) is 1. The van der Waals surface area contributed by atoms with Crippen LogP contribution >= 0.6 is 28.3 Å². The molecule has 1 aromatic rings. The lowest BCUT2D eigenvalue weighted by Crippen LogP contribution is -2.29. The minimum atomic E-state index is -0.614. The Hall–Kier alpha value is -0.230. The molecule has 0 saturated carbocycles. The van der Waals surface area contributed by atoms with Crippen LogP contribution in [-0.2, 0) is 4.74 Å². The van der Waals surface area contributed by atoms with Gasteiger partial charge in [-0.2, -0.15) is 0 Å². The first-order valence-electron chi connectivity index (χ1n) is 5.58. The molecule has 18 heavy (non-hydrogen) atoms. The number of ether oxygens (including phenoxy) is 1. The van der Waals surface area contributed by atoms with Crippen molar-refractivity contribution in [2.24, 2.45) is 11.7 Å². The maximum absolute atomic E-state index is 13.9. The average Bonchev–Trinajstić information content (AvgIpc) is 2.35. The van der Waals surface area contributed by atoms with E-state index in [-0.39, 0.29) is 28.4 Å². The fraction of sp³-hybridized carbons (Fsp3) is 0.500. The molecule has 1 aliphatic rings. The minimum absolute atomic E-state index is 0. The standard InChI is InChI=1S/C12H14BrF2NO.ClH/c13-8-1-2-9(14)10(11(8)15)12(16)7-3-5-17-6-4-7;/h1-2,7,12H,3-6,16H2;1H/t12-;/m0./s1. The van der Waals surface area contributed by atoms with Crippen molar-refractivity contribution >= 4 is 28.3 Å². The van der Waals surface area contributed by atoms with Gasteiger partial charge in [-0.25, -0.2) is 8.78 Å². The van der Waals surface area contributed by atoms with Crippen molar-refractivity contribution < 1.29 is 13.5 Å². The van der Waals surface area contributed by atoms with Crippen LogP contribution in [-0.4, -0.2) is 13.2 Å². The van der Waals surface area contributed by atoms with Crippen molar-refractivity contribution in [3.8, 4) is 0 Å². The zero-order valence-electron chi connectivity index (χ0n) is 9.67. The van der Waals surface area contributed by atoms with Crippen LogP contribution < -0.4 is 5.73 Å². The summed E-state index contributed by atoms with van der Waals surface area (Å²) in [5.41, 5.74) is 5.96. The van der Waals surface area contributed by atoms with Crippen molar-refractivity contribution in [3.05, 3.63) is 33.8 Å². The normalized spacial score (nSPS) is 18.2. The van der Waals surface area contributed by atoms with Crippen LogP contribution in [0.3, 0.4) is 0 Å². The number of benzene rings is 1. The summed E-state index contributed by atoms with van der Waals surface area (Å²) in [4.78, 5) is 0. The van der Waals surface area contributed by atoms with Crippen LogP contribution in [0.25, 0.3) is 0 Å². The number of rotatable bonds is 2. The van der Waals surface area contributed by atoms with Crippen molar-refractivity contribution in [1.29, 1.82) is 0 Å². The van der Waals surface area contributed by atoms with Gasteiger partial charge in [0.25, 0.3) is 0 Å². The molecule has 0 bridgehead atoms. The Morgan fingerprint density at radius 1 is 1.28 bits per heavy atom. The molecule has 2 N–H and O–H groups in total. The van der Waals surface area contributed by atoms with E-state index in [1.165, 1.54) is 12.1 Å². The Balaban J connectivity index is 0.00000162. The molecule has 1 aliphatic heterocycles. The minimum Gasteiger partial charge on any atom is -0.381 e. The molecular weight excluding hydrogens is 327 g/mol. The Bertz CT molecular complexity index is 413. The monoisotopic (exact) mass is 341 g/mol. The predicted octanol–water partition coefficient (Wildman–Crippen LogP) is 3.58. The predicted molar refractivity (Wildman–Crippen MR) is 71.8 cm³/mol. The van der Waals surface area contributed by atoms with Crippen molar-refractivity contribution in [2.45, 2.75) is 18.9 Å². The van der Waals surface area contributed by atoms with Gasteiger partial charge in [-0.15, -0.1) is 12.4 Å². The molecule has 1 atom stereocenters. The fourth-order valence-electron chi connectivity index (χ4n) is 2.16. The molecule has 0 aromatic heterocycles. The summed E-state index contributed by atoms with van der Waals surface area (Å²) in [5.74, 6) is -1.10. The van der Waals surface area contributed by atoms with E-state index in [9.17, 15) is 8.78 Å². The second-order valence-corrected chi connectivity index (χ2v) is 5.09. The van der Waals surface area contributed by atoms with Crippen LogP contribution in [0.1, 0.15) is 24.4 Å². The van der Waals surface area contributed by atoms with E-state index in [0.717, 1.165) is 12.8 Å². The van der Waals surface area contributed by atoms with Crippen LogP contribution in [0.2, 0.25) is 0 Å². The van der Waals surface area contributed by atoms with Gasteiger partial charge >= 0.3 is 0 Å². The van der Waals surface area contributed by atoms with Crippen molar-refractivity contribution in [3.63, 3.8) is 0 Å². The number of nitrogens with two attached hydrogens (primary N) is 1. The van der Waals surface area contributed by atoms with Gasteiger partial charge in [0.15, 0.2) is 0 Å². The molecule has 0 amide bonds. The Morgan fingerprint density at radius 2 is 1.89 bits per heavy atom. The Morgan fingerprint density at radius 3 is 2.50 bits per heavy atom. The molecule has 0 spiro atoms. The van der Waals surface area contributed by atoms with Gasteiger partial charge in [-0.1, -0.05) is 0 Å². The van der Waals surface area contributed by atoms with Gasteiger partial charge in [0.05, 0.1) is 4.47 Å². The lowest BCUT2D eigenvalue weighted by molar-refractivity contribution is 0.0575. The third-order valence-corrected chi connectivity index (χ3v) is 3.80. The van der Waals surface area contributed by atoms with E-state index in [4.69, 9.17) is 10.5 Å². The molecule has 1 fully saturated rings. The second-order valence-electron chi connectivity index (χ2n) is 4.23. The largest absolute Gasteiger partial charge is 0.381 e. The molecule has 0 unspecified atom stereocenters. The van der Waals surface area contributed by atoms with Crippen LogP contribution in [0.15, 0.2) is 16.6 Å². The van der Waals surface area contributed by atoms with E-state index >= 15 is 0 Å². The van der Waals surface area contributed by atoms with Crippen LogP contribution in [0.5, 0.6) is 0 Å². The summed E-state index contributed by atoms with van der Waals surface area (Å²) in [5, 5.41) is 0. The van der Waals surface area contributed by atoms with Crippen molar-refractivity contribution in [1.82, 2.24) is 0 Å². The highest BCUT2D eigenvalue weighted by molar-refractivity contribution is 9.10. The molecule has 6 heteroatoms.